The second kappa shape index (κ2) is 16.5. The van der Waals surface area contributed by atoms with Gasteiger partial charge in [0.2, 0.25) is 11.8 Å². The topological polar surface area (TPSA) is 243 Å². The maximum Gasteiger partial charge on any atom is 0.338 e. The van der Waals surface area contributed by atoms with Crippen molar-refractivity contribution in [1.82, 2.24) is 10.6 Å². The van der Waals surface area contributed by atoms with Crippen LogP contribution in [0.4, 0.5) is 0 Å². The summed E-state index contributed by atoms with van der Waals surface area (Å²) >= 11 is 0. The number of rotatable bonds is 13. The third-order valence-corrected chi connectivity index (χ3v) is 7.67. The fraction of sp³-hybridized carbons (Fsp3) is 0.567. The number of carbonyl (C=O) groups excluding carboxylic acids is 3. The summed E-state index contributed by atoms with van der Waals surface area (Å²) in [6.45, 7) is 0.302. The molecule has 0 radical (unpaired) electrons. The highest BCUT2D eigenvalue weighted by atomic mass is 16.7. The largest absolute Gasteiger partial charge is 0.456 e. The molecule has 46 heavy (non-hydrogen) atoms. The van der Waals surface area contributed by atoms with Gasteiger partial charge in [0.05, 0.1) is 31.5 Å². The van der Waals surface area contributed by atoms with E-state index in [-0.39, 0.29) is 44.1 Å². The van der Waals surface area contributed by atoms with E-state index in [0.29, 0.717) is 5.56 Å². The van der Waals surface area contributed by atoms with Gasteiger partial charge in [-0.2, -0.15) is 0 Å². The molecule has 2 heterocycles. The Labute approximate surface area is 264 Å². The van der Waals surface area contributed by atoms with Crippen LogP contribution in [0.3, 0.4) is 0 Å². The van der Waals surface area contributed by atoms with Gasteiger partial charge in [0.15, 0.2) is 6.29 Å². The molecule has 2 aliphatic heterocycles. The van der Waals surface area contributed by atoms with Gasteiger partial charge in [-0.1, -0.05) is 24.3 Å². The SMILES string of the molecule is C[C@H](O)[C@@H](NC(=O)C1=C[C@H]2OCO[C@H]2[C@H](OC(=O)c2ccc(C=CCO[C@H]3O[C@H](CO)[C@H](O)[C@H](O)[C@H]3O)cc2)C1)C(=O)NCCO. The third kappa shape index (κ3) is 8.74. The normalized spacial score (nSPS) is 30.6. The van der Waals surface area contributed by atoms with Gasteiger partial charge in [0.1, 0.15) is 55.6 Å². The van der Waals surface area contributed by atoms with Crippen LogP contribution in [0.5, 0.6) is 0 Å². The van der Waals surface area contributed by atoms with E-state index in [1.54, 1.807) is 24.3 Å². The number of aliphatic hydroxyl groups is 6. The fourth-order valence-corrected chi connectivity index (χ4v) is 5.13. The smallest absolute Gasteiger partial charge is 0.338 e. The lowest BCUT2D eigenvalue weighted by Gasteiger charge is -2.39. The van der Waals surface area contributed by atoms with Crippen LogP contribution < -0.4 is 10.6 Å². The molecule has 3 aliphatic rings. The molecule has 2 amide bonds. The van der Waals surface area contributed by atoms with Crippen molar-refractivity contribution in [3.8, 4) is 0 Å². The number of carbonyl (C=O) groups is 3. The number of hydrogen-bond acceptors (Lipinski definition) is 14. The zero-order valence-corrected chi connectivity index (χ0v) is 25.0. The highest BCUT2D eigenvalue weighted by Gasteiger charge is 2.44. The molecule has 16 heteroatoms. The number of hydrogen-bond donors (Lipinski definition) is 8. The van der Waals surface area contributed by atoms with E-state index in [0.717, 1.165) is 0 Å². The Bertz CT molecular complexity index is 1250. The van der Waals surface area contributed by atoms with Crippen LogP contribution >= 0.6 is 0 Å². The molecule has 0 unspecified atom stereocenters. The number of aliphatic hydroxyl groups excluding tert-OH is 6. The summed E-state index contributed by atoms with van der Waals surface area (Å²) in [7, 11) is 0. The number of nitrogens with one attached hydrogen (secondary N) is 2. The summed E-state index contributed by atoms with van der Waals surface area (Å²) in [5, 5.41) is 62.9. The van der Waals surface area contributed by atoms with Gasteiger partial charge in [-0.15, -0.1) is 0 Å². The van der Waals surface area contributed by atoms with Crippen LogP contribution in [-0.4, -0.2) is 143 Å². The second-order valence-electron chi connectivity index (χ2n) is 11.0. The molecule has 16 nitrogen and oxygen atoms in total. The monoisotopic (exact) mass is 652 g/mol. The van der Waals surface area contributed by atoms with Crippen LogP contribution in [0.2, 0.25) is 0 Å². The summed E-state index contributed by atoms with van der Waals surface area (Å²) in [5.41, 5.74) is 1.09. The van der Waals surface area contributed by atoms with Crippen LogP contribution in [0.1, 0.15) is 29.3 Å². The van der Waals surface area contributed by atoms with E-state index >= 15 is 0 Å². The molecule has 1 aromatic carbocycles. The first-order valence-electron chi connectivity index (χ1n) is 14.7. The zero-order valence-electron chi connectivity index (χ0n) is 25.0. The van der Waals surface area contributed by atoms with Crippen LogP contribution in [0, 0.1) is 0 Å². The standard InChI is InChI=1S/C30H40N2O14/c1-15(35)22(28(40)31-8-9-33)32-27(39)18-11-19-26(44-14-43-19)20(12-18)45-29(41)17-6-4-16(5-7-17)3-2-10-42-30-25(38)24(37)23(36)21(13-34)46-30/h2-7,11,15,19-26,30,33-38H,8-10,12-14H2,1H3,(H,31,40)(H,32,39)/t15-,19+,20+,21+,22+,23-,24-,25+,26+,30-/m0/s1. The molecule has 10 atom stereocenters. The van der Waals surface area contributed by atoms with Gasteiger partial charge < -0.3 is 65.0 Å². The van der Waals surface area contributed by atoms with Crippen molar-refractivity contribution >= 4 is 23.9 Å². The number of fused-ring (bicyclic) bond motifs is 1. The lowest BCUT2D eigenvalue weighted by molar-refractivity contribution is -0.298. The molecule has 8 N–H and O–H groups in total. The Balaban J connectivity index is 1.32. The number of benzene rings is 1. The summed E-state index contributed by atoms with van der Waals surface area (Å²) in [6.07, 6.45) is -5.57. The predicted molar refractivity (Wildman–Crippen MR) is 155 cm³/mol. The van der Waals surface area contributed by atoms with Crippen LogP contribution in [0.15, 0.2) is 42.0 Å². The van der Waals surface area contributed by atoms with E-state index in [9.17, 15) is 39.9 Å². The van der Waals surface area contributed by atoms with Crippen molar-refractivity contribution in [1.29, 1.82) is 0 Å². The summed E-state index contributed by atoms with van der Waals surface area (Å²) in [5.74, 6) is -2.01. The predicted octanol–water partition coefficient (Wildman–Crippen LogP) is -2.91. The van der Waals surface area contributed by atoms with Crippen molar-refractivity contribution in [2.75, 3.05) is 33.2 Å². The fourth-order valence-electron chi connectivity index (χ4n) is 5.13. The van der Waals surface area contributed by atoms with Crippen LogP contribution in [-0.2, 0) is 33.3 Å². The highest BCUT2D eigenvalue weighted by molar-refractivity contribution is 5.97. The summed E-state index contributed by atoms with van der Waals surface area (Å²) in [6, 6.07) is 5.09. The maximum atomic E-state index is 13.1. The minimum absolute atomic E-state index is 0.0342. The number of amides is 2. The van der Waals surface area contributed by atoms with Gasteiger partial charge in [-0.05, 0) is 30.7 Å². The minimum atomic E-state index is -1.54. The van der Waals surface area contributed by atoms with Crippen molar-refractivity contribution in [3.63, 3.8) is 0 Å². The first kappa shape index (κ1) is 35.6. The Morgan fingerprint density at radius 3 is 2.48 bits per heavy atom. The molecule has 2 saturated heterocycles. The van der Waals surface area contributed by atoms with E-state index in [1.165, 1.54) is 25.1 Å². The Morgan fingerprint density at radius 2 is 1.80 bits per heavy atom. The third-order valence-electron chi connectivity index (χ3n) is 7.67. The molecule has 0 saturated carbocycles. The van der Waals surface area contributed by atoms with Crippen LogP contribution in [0.25, 0.3) is 6.08 Å². The van der Waals surface area contributed by atoms with E-state index in [4.69, 9.17) is 28.8 Å². The zero-order chi connectivity index (χ0) is 33.4. The van der Waals surface area contributed by atoms with Crippen molar-refractivity contribution in [2.24, 2.45) is 0 Å². The van der Waals surface area contributed by atoms with Crippen molar-refractivity contribution in [3.05, 3.63) is 53.1 Å². The number of esters is 1. The van der Waals surface area contributed by atoms with Crippen molar-refractivity contribution < 1.29 is 68.7 Å². The lowest BCUT2D eigenvalue weighted by atomic mass is 9.91. The average molecular weight is 653 g/mol. The van der Waals surface area contributed by atoms with Gasteiger partial charge >= 0.3 is 5.97 Å². The van der Waals surface area contributed by atoms with E-state index in [1.807, 2.05) is 0 Å². The first-order valence-corrected chi connectivity index (χ1v) is 14.7. The molecule has 1 aromatic rings. The molecule has 4 rings (SSSR count). The van der Waals surface area contributed by atoms with E-state index in [2.05, 4.69) is 10.6 Å². The average Bonchev–Trinajstić information content (AvgIpc) is 3.53. The molecule has 0 bridgehead atoms. The highest BCUT2D eigenvalue weighted by Crippen LogP contribution is 2.31. The Kier molecular flexibility index (Phi) is 12.8. The Hall–Kier alpha value is -3.29. The molecule has 0 spiro atoms. The lowest BCUT2D eigenvalue weighted by Crippen LogP contribution is -2.59. The van der Waals surface area contributed by atoms with E-state index < -0.39 is 85.6 Å². The van der Waals surface area contributed by atoms with Gasteiger partial charge in [0, 0.05) is 18.5 Å². The van der Waals surface area contributed by atoms with Crippen molar-refractivity contribution in [2.45, 2.75) is 74.5 Å². The summed E-state index contributed by atoms with van der Waals surface area (Å²) < 4.78 is 27.6. The first-order chi connectivity index (χ1) is 22.0. The molecule has 1 aliphatic carbocycles. The Morgan fingerprint density at radius 1 is 1.07 bits per heavy atom. The van der Waals surface area contributed by atoms with Gasteiger partial charge in [-0.3, -0.25) is 9.59 Å². The van der Waals surface area contributed by atoms with Gasteiger partial charge in [-0.25, -0.2) is 4.79 Å². The molecular formula is C30H40N2O14. The second-order valence-corrected chi connectivity index (χ2v) is 11.0. The van der Waals surface area contributed by atoms with Gasteiger partial charge in [0.25, 0.3) is 0 Å². The molecule has 0 aromatic heterocycles. The molecule has 254 valence electrons. The maximum absolute atomic E-state index is 13.1. The minimum Gasteiger partial charge on any atom is -0.456 e. The summed E-state index contributed by atoms with van der Waals surface area (Å²) in [4.78, 5) is 38.5. The quantitative estimate of drug-likeness (QED) is 0.0997. The molecular weight excluding hydrogens is 612 g/mol. The molecule has 2 fully saturated rings. The number of ether oxygens (including phenoxy) is 5.